The lowest BCUT2D eigenvalue weighted by atomic mass is 9.90. The molecule has 1 N–H and O–H groups in total. The van der Waals surface area contributed by atoms with Crippen LogP contribution < -0.4 is 10.2 Å². The summed E-state index contributed by atoms with van der Waals surface area (Å²) in [6.07, 6.45) is 2.39. The van der Waals surface area contributed by atoms with E-state index in [0.29, 0.717) is 51.3 Å². The number of nitrogens with one attached hydrogen (secondary N) is 1. The fourth-order valence-corrected chi connectivity index (χ4v) is 6.28. The van der Waals surface area contributed by atoms with Gasteiger partial charge in [-0.25, -0.2) is 4.39 Å². The number of benzene rings is 1. The molecule has 4 heterocycles. The number of fused-ring (bicyclic) bond motifs is 1. The van der Waals surface area contributed by atoms with E-state index < -0.39 is 23.3 Å². The second kappa shape index (κ2) is 10.3. The summed E-state index contributed by atoms with van der Waals surface area (Å²) in [4.78, 5) is 19.1. The zero-order valence-electron chi connectivity index (χ0n) is 20.5. The zero-order valence-corrected chi connectivity index (χ0v) is 21.4. The number of hydrogen-bond acceptors (Lipinski definition) is 7. The number of thioether (sulfide) groups is 1. The predicted molar refractivity (Wildman–Crippen MR) is 135 cm³/mol. The van der Waals surface area contributed by atoms with Crippen LogP contribution >= 0.6 is 11.8 Å². The van der Waals surface area contributed by atoms with Crippen molar-refractivity contribution in [2.45, 2.75) is 55.6 Å². The summed E-state index contributed by atoms with van der Waals surface area (Å²) in [6.45, 7) is 2.49. The van der Waals surface area contributed by atoms with Crippen LogP contribution in [0.3, 0.4) is 0 Å². The molecule has 1 amide bonds. The molecule has 0 saturated carbocycles. The minimum Gasteiger partial charge on any atom is -0.355 e. The lowest BCUT2D eigenvalue weighted by Crippen LogP contribution is -2.56. The first-order valence-corrected chi connectivity index (χ1v) is 13.7. The first-order chi connectivity index (χ1) is 17.7. The van der Waals surface area contributed by atoms with Crippen LogP contribution in [-0.4, -0.2) is 75.5 Å². The number of aromatic nitrogens is 2. The fourth-order valence-electron chi connectivity index (χ4n) is 5.52. The van der Waals surface area contributed by atoms with Gasteiger partial charge in [0.2, 0.25) is 0 Å². The molecule has 0 bridgehead atoms. The number of anilines is 2. The molecule has 2 saturated heterocycles. The van der Waals surface area contributed by atoms with Crippen molar-refractivity contribution in [1.82, 2.24) is 20.0 Å². The molecule has 200 valence electrons. The summed E-state index contributed by atoms with van der Waals surface area (Å²) in [5.74, 6) is -0.438. The third-order valence-corrected chi connectivity index (χ3v) is 8.38. The van der Waals surface area contributed by atoms with Crippen molar-refractivity contribution in [1.29, 1.82) is 0 Å². The van der Waals surface area contributed by atoms with Gasteiger partial charge in [0.15, 0.2) is 5.67 Å². The van der Waals surface area contributed by atoms with Gasteiger partial charge in [-0.1, -0.05) is 0 Å². The van der Waals surface area contributed by atoms with Crippen LogP contribution in [0.2, 0.25) is 0 Å². The first-order valence-electron chi connectivity index (χ1n) is 12.4. The fraction of sp³-hybridized carbons (Fsp3) is 0.560. The van der Waals surface area contributed by atoms with E-state index in [4.69, 9.17) is 0 Å². The summed E-state index contributed by atoms with van der Waals surface area (Å²) < 4.78 is 55.3. The Hall–Kier alpha value is -2.60. The van der Waals surface area contributed by atoms with Gasteiger partial charge in [0.1, 0.15) is 5.50 Å². The summed E-state index contributed by atoms with van der Waals surface area (Å²) >= 11 is 1.51. The summed E-state index contributed by atoms with van der Waals surface area (Å²) in [5, 5.41) is 10.8. The second-order valence-electron chi connectivity index (χ2n) is 9.88. The van der Waals surface area contributed by atoms with Gasteiger partial charge in [-0.3, -0.25) is 9.69 Å². The van der Waals surface area contributed by atoms with E-state index in [1.54, 1.807) is 17.3 Å². The van der Waals surface area contributed by atoms with E-state index in [1.165, 1.54) is 17.8 Å². The average Bonchev–Trinajstić information content (AvgIpc) is 3.28. The van der Waals surface area contributed by atoms with Gasteiger partial charge in [-0.05, 0) is 48.9 Å². The van der Waals surface area contributed by atoms with E-state index >= 15 is 4.39 Å². The first kappa shape index (κ1) is 26.0. The average molecular weight is 539 g/mol. The van der Waals surface area contributed by atoms with Crippen LogP contribution in [0.5, 0.6) is 0 Å². The predicted octanol–water partition coefficient (Wildman–Crippen LogP) is 4.37. The minimum absolute atomic E-state index is 0.0402. The molecule has 37 heavy (non-hydrogen) atoms. The molecule has 1 aromatic carbocycles. The molecular formula is C25H30F4N6OS. The monoisotopic (exact) mass is 538 g/mol. The highest BCUT2D eigenvalue weighted by atomic mass is 32.2. The molecule has 3 aliphatic rings. The molecule has 3 aliphatic heterocycles. The maximum Gasteiger partial charge on any atom is 0.416 e. The Kier molecular flexibility index (Phi) is 7.23. The molecule has 2 fully saturated rings. The zero-order chi connectivity index (χ0) is 26.2. The van der Waals surface area contributed by atoms with Crippen LogP contribution in [0.25, 0.3) is 0 Å². The van der Waals surface area contributed by atoms with Gasteiger partial charge in [-0.2, -0.15) is 23.4 Å². The number of rotatable bonds is 5. The lowest BCUT2D eigenvalue weighted by Gasteiger charge is -2.43. The number of nitrogens with zero attached hydrogens (tertiary/aromatic N) is 5. The normalized spacial score (nSPS) is 22.6. The Morgan fingerprint density at radius 1 is 1.14 bits per heavy atom. The SMILES string of the molecule is CSC1Nc2cc(C(F)(F)F)ccc2N1C1CCN(C(=O)C2(F)CCN(Cc3ccnnc3)CC2)CC1. The Balaban J connectivity index is 1.19. The van der Waals surface area contributed by atoms with Crippen LogP contribution in [0.15, 0.2) is 36.7 Å². The van der Waals surface area contributed by atoms with Gasteiger partial charge in [-0.15, -0.1) is 11.8 Å². The molecule has 0 spiro atoms. The molecule has 0 radical (unpaired) electrons. The highest BCUT2D eigenvalue weighted by Gasteiger charge is 2.46. The van der Waals surface area contributed by atoms with E-state index in [-0.39, 0.29) is 24.4 Å². The quantitative estimate of drug-likeness (QED) is 0.568. The molecule has 0 aliphatic carbocycles. The maximum atomic E-state index is 15.8. The van der Waals surface area contributed by atoms with Crippen LogP contribution in [0, 0.1) is 0 Å². The third kappa shape index (κ3) is 5.36. The number of alkyl halides is 4. The minimum atomic E-state index is -4.40. The summed E-state index contributed by atoms with van der Waals surface area (Å²) in [7, 11) is 0. The Morgan fingerprint density at radius 2 is 1.86 bits per heavy atom. The number of piperidine rings is 2. The highest BCUT2D eigenvalue weighted by Crippen LogP contribution is 2.44. The van der Waals surface area contributed by atoms with Crippen LogP contribution in [-0.2, 0) is 17.5 Å². The van der Waals surface area contributed by atoms with Gasteiger partial charge in [0.25, 0.3) is 5.91 Å². The summed E-state index contributed by atoms with van der Waals surface area (Å²) in [5.41, 5.74) is -0.542. The molecule has 5 rings (SSSR count). The number of carbonyl (C=O) groups is 1. The Bertz CT molecular complexity index is 1100. The molecular weight excluding hydrogens is 508 g/mol. The Morgan fingerprint density at radius 3 is 2.49 bits per heavy atom. The topological polar surface area (TPSA) is 64.6 Å². The van der Waals surface area contributed by atoms with Crippen molar-refractivity contribution in [2.24, 2.45) is 0 Å². The van der Waals surface area contributed by atoms with E-state index in [0.717, 1.165) is 23.4 Å². The number of likely N-dealkylation sites (tertiary alicyclic amines) is 2. The van der Waals surface area contributed by atoms with Gasteiger partial charge < -0.3 is 15.1 Å². The lowest BCUT2D eigenvalue weighted by molar-refractivity contribution is -0.148. The third-order valence-electron chi connectivity index (χ3n) is 7.59. The van der Waals surface area contributed by atoms with E-state index in [2.05, 4.69) is 25.3 Å². The summed E-state index contributed by atoms with van der Waals surface area (Å²) in [6, 6.07) is 5.70. The van der Waals surface area contributed by atoms with Gasteiger partial charge in [0, 0.05) is 57.8 Å². The van der Waals surface area contributed by atoms with Crippen molar-refractivity contribution in [3.63, 3.8) is 0 Å². The largest absolute Gasteiger partial charge is 0.416 e. The Labute approximate surface area is 217 Å². The number of amides is 1. The number of halogens is 4. The van der Waals surface area contributed by atoms with Gasteiger partial charge >= 0.3 is 6.18 Å². The second-order valence-corrected chi connectivity index (χ2v) is 10.8. The standard InChI is InChI=1S/C25H30F4N6OS/c1-37-23-32-20-14-18(25(27,28)29)2-3-21(20)35(23)19-5-10-34(11-6-19)22(36)24(26)7-12-33(13-8-24)16-17-4-9-30-31-15-17/h2-4,9,14-15,19,23,32H,5-8,10-13,16H2,1H3. The molecule has 1 atom stereocenters. The van der Waals surface area contributed by atoms with Crippen molar-refractivity contribution < 1.29 is 22.4 Å². The van der Waals surface area contributed by atoms with Crippen molar-refractivity contribution in [3.05, 3.63) is 47.8 Å². The van der Waals surface area contributed by atoms with Crippen molar-refractivity contribution in [3.8, 4) is 0 Å². The highest BCUT2D eigenvalue weighted by molar-refractivity contribution is 7.99. The van der Waals surface area contributed by atoms with Crippen LogP contribution in [0.4, 0.5) is 28.9 Å². The number of hydrogen-bond donors (Lipinski definition) is 1. The number of carbonyl (C=O) groups excluding carboxylic acids is 1. The molecule has 7 nitrogen and oxygen atoms in total. The van der Waals surface area contributed by atoms with Gasteiger partial charge in [0.05, 0.1) is 23.1 Å². The molecule has 1 aromatic heterocycles. The van der Waals surface area contributed by atoms with E-state index in [1.807, 2.05) is 12.3 Å². The maximum absolute atomic E-state index is 15.8. The molecule has 12 heteroatoms. The van der Waals surface area contributed by atoms with Crippen molar-refractivity contribution >= 4 is 29.0 Å². The van der Waals surface area contributed by atoms with Crippen LogP contribution in [0.1, 0.15) is 36.8 Å². The van der Waals surface area contributed by atoms with E-state index in [9.17, 15) is 18.0 Å². The smallest absolute Gasteiger partial charge is 0.355 e. The molecule has 1 unspecified atom stereocenters. The van der Waals surface area contributed by atoms with Crippen molar-refractivity contribution in [2.75, 3.05) is 42.7 Å². The molecule has 2 aromatic rings.